The van der Waals surface area contributed by atoms with E-state index in [0.717, 1.165) is 34.2 Å². The number of nitrogens with zero attached hydrogens (tertiary/aromatic N) is 6. The molecule has 0 saturated heterocycles. The van der Waals surface area contributed by atoms with E-state index < -0.39 is 10.2 Å². The molecule has 0 unspecified atom stereocenters. The third kappa shape index (κ3) is 13.7. The molecule has 0 aliphatic heterocycles. The van der Waals surface area contributed by atoms with Crippen LogP contribution in [0.5, 0.6) is 0 Å². The van der Waals surface area contributed by atoms with Crippen molar-refractivity contribution in [3.8, 4) is 34.2 Å². The zero-order valence-electron chi connectivity index (χ0n) is 21.9. The van der Waals surface area contributed by atoms with Crippen LogP contribution in [0.25, 0.3) is 34.2 Å². The summed E-state index contributed by atoms with van der Waals surface area (Å²) >= 11 is 0. The minimum absolute atomic E-state index is 0. The van der Waals surface area contributed by atoms with Gasteiger partial charge < -0.3 is 0 Å². The molecule has 6 heterocycles. The van der Waals surface area contributed by atoms with Gasteiger partial charge in [0.05, 0.1) is 49.1 Å². The van der Waals surface area contributed by atoms with Crippen molar-refractivity contribution in [2.45, 2.75) is 0 Å². The number of hydrogen-bond acceptors (Lipinski definition) is 10. The fraction of sp³-hybridized carbons (Fsp3) is 0. The third-order valence-corrected chi connectivity index (χ3v) is 4.78. The molecule has 12 heteroatoms. The van der Waals surface area contributed by atoms with Gasteiger partial charge in [-0.1, -0.05) is 36.4 Å². The first-order chi connectivity index (χ1) is 19.9. The number of hydrogen-bond donors (Lipinski definition) is 1. The smallest absolute Gasteiger partial charge is 0.0886 e. The van der Waals surface area contributed by atoms with Crippen molar-refractivity contribution < 1.29 is 45.7 Å². The maximum absolute atomic E-state index is 8.60. The number of rotatable bonds is 3. The molecule has 6 aromatic heterocycles. The van der Waals surface area contributed by atoms with Gasteiger partial charge in [0.15, 0.2) is 0 Å². The molecule has 215 valence electrons. The van der Waals surface area contributed by atoms with E-state index in [4.69, 9.17) is 18.6 Å². The number of pyridine rings is 6. The molecule has 1 N–H and O–H groups in total. The Morgan fingerprint density at radius 3 is 0.595 bits per heavy atom. The molecule has 0 aliphatic rings. The number of aromatic nitrogens is 6. The summed E-state index contributed by atoms with van der Waals surface area (Å²) in [5, 5.41) is 0. The van der Waals surface area contributed by atoms with Crippen molar-refractivity contribution in [1.29, 1.82) is 0 Å². The first kappa shape index (κ1) is 33.7. The Balaban J connectivity index is 0.000000202. The van der Waals surface area contributed by atoms with E-state index in [1.165, 1.54) is 0 Å². The van der Waals surface area contributed by atoms with E-state index in [2.05, 4.69) is 29.9 Å². The van der Waals surface area contributed by atoms with Gasteiger partial charge in [0.1, 0.15) is 0 Å². The van der Waals surface area contributed by atoms with E-state index in [1.54, 1.807) is 37.2 Å². The zero-order valence-corrected chi connectivity index (χ0v) is 23.7. The van der Waals surface area contributed by atoms with Crippen LogP contribution in [0.4, 0.5) is 0 Å². The maximum Gasteiger partial charge on any atom is 0.0886 e. The average Bonchev–Trinajstić information content (AvgIpc) is 3.04. The molecule has 0 aliphatic carbocycles. The van der Waals surface area contributed by atoms with Crippen molar-refractivity contribution in [2.24, 2.45) is 0 Å². The van der Waals surface area contributed by atoms with Crippen molar-refractivity contribution >= 4 is 0 Å². The van der Waals surface area contributed by atoms with Crippen LogP contribution in [-0.2, 0) is 16.8 Å². The van der Waals surface area contributed by atoms with Crippen molar-refractivity contribution in [3.05, 3.63) is 146 Å². The predicted octanol–water partition coefficient (Wildman–Crippen LogP) is 2.30. The molecule has 0 amide bonds. The number of halogens is 1. The Morgan fingerprint density at radius 1 is 0.357 bits per heavy atom. The molecule has 0 bridgehead atoms. The minimum atomic E-state index is -4.69. The van der Waals surface area contributed by atoms with Crippen LogP contribution in [0.3, 0.4) is 0 Å². The standard InChI is InChI=1S/3C10H8N2.ClHO4.Co/c3*1-3-7-11-9(5-1)10-6-2-4-8-12-10;2-1(3,4)5;/h3*1-8H;(H,2,3,4,5);. The normalized spacial score (nSPS) is 9.71. The van der Waals surface area contributed by atoms with Gasteiger partial charge in [-0.15, -0.1) is 0 Å². The first-order valence-corrected chi connectivity index (χ1v) is 13.3. The molecule has 6 rings (SSSR count). The van der Waals surface area contributed by atoms with Crippen molar-refractivity contribution in [1.82, 2.24) is 29.9 Å². The SMILES string of the molecule is [Co].[O-][Cl+3]([O-])([O-])O.c1ccc(-c2ccccn2)nc1.c1ccc(-c2ccccn2)nc1.c1ccc(-c2ccccn2)nc1. The van der Waals surface area contributed by atoms with Crippen LogP contribution in [0.2, 0.25) is 0 Å². The van der Waals surface area contributed by atoms with Gasteiger partial charge in [0.25, 0.3) is 0 Å². The Hall–Kier alpha value is -4.46. The van der Waals surface area contributed by atoms with Crippen LogP contribution in [-0.4, -0.2) is 34.6 Å². The Bertz CT molecular complexity index is 1210. The third-order valence-electron chi connectivity index (χ3n) is 4.78. The van der Waals surface area contributed by atoms with E-state index in [9.17, 15) is 0 Å². The molecule has 42 heavy (non-hydrogen) atoms. The van der Waals surface area contributed by atoms with Gasteiger partial charge >= 0.3 is 0 Å². The summed E-state index contributed by atoms with van der Waals surface area (Å²) in [5.74, 6) is 0. The summed E-state index contributed by atoms with van der Waals surface area (Å²) in [6, 6.07) is 34.8. The molecule has 0 aromatic carbocycles. The second-order valence-corrected chi connectivity index (χ2v) is 8.48. The quantitative estimate of drug-likeness (QED) is 0.307. The molecule has 0 fully saturated rings. The van der Waals surface area contributed by atoms with E-state index in [1.807, 2.05) is 109 Å². The summed E-state index contributed by atoms with van der Waals surface area (Å²) in [6.45, 7) is 0. The van der Waals surface area contributed by atoms with Gasteiger partial charge in [-0.05, 0) is 72.8 Å². The largest absolute Gasteiger partial charge is 0.255 e. The Morgan fingerprint density at radius 2 is 0.500 bits per heavy atom. The molecule has 0 spiro atoms. The summed E-state index contributed by atoms with van der Waals surface area (Å²) in [6.07, 6.45) is 10.6. The molecular weight excluding hydrogens is 603 g/mol. The van der Waals surface area contributed by atoms with Gasteiger partial charge in [-0.2, -0.15) is 14.0 Å². The summed E-state index contributed by atoms with van der Waals surface area (Å²) in [5.41, 5.74) is 5.49. The summed E-state index contributed by atoms with van der Waals surface area (Å²) in [7, 11) is -4.69. The van der Waals surface area contributed by atoms with Crippen LogP contribution in [0.15, 0.2) is 146 Å². The average molecular weight is 628 g/mol. The summed E-state index contributed by atoms with van der Waals surface area (Å²) < 4.78 is 32.7. The topological polar surface area (TPSA) is 167 Å². The van der Waals surface area contributed by atoms with Gasteiger partial charge in [-0.3, -0.25) is 29.9 Å². The summed E-state index contributed by atoms with van der Waals surface area (Å²) in [4.78, 5) is 25.1. The molecule has 1 radical (unpaired) electrons. The Labute approximate surface area is 255 Å². The first-order valence-electron chi connectivity index (χ1n) is 12.0. The van der Waals surface area contributed by atoms with Crippen LogP contribution < -0.4 is 14.0 Å². The fourth-order valence-electron chi connectivity index (χ4n) is 3.09. The molecule has 6 aromatic rings. The monoisotopic (exact) mass is 627 g/mol. The van der Waals surface area contributed by atoms with E-state index in [0.29, 0.717) is 0 Å². The van der Waals surface area contributed by atoms with Crippen LogP contribution >= 0.6 is 0 Å². The van der Waals surface area contributed by atoms with Gasteiger partial charge in [0.2, 0.25) is 0 Å². The minimum Gasteiger partial charge on any atom is -0.255 e. The molecule has 0 saturated carbocycles. The molecule has 0 atom stereocenters. The van der Waals surface area contributed by atoms with Gasteiger partial charge in [0, 0.05) is 54.0 Å². The molecular formula is C30H25ClCoN6O4. The fourth-order valence-corrected chi connectivity index (χ4v) is 3.09. The van der Waals surface area contributed by atoms with Crippen LogP contribution in [0.1, 0.15) is 0 Å². The second kappa shape index (κ2) is 18.8. The van der Waals surface area contributed by atoms with Crippen LogP contribution in [0, 0.1) is 10.2 Å². The Kier molecular flexibility index (Phi) is 15.1. The van der Waals surface area contributed by atoms with E-state index in [-0.39, 0.29) is 16.8 Å². The predicted molar refractivity (Wildman–Crippen MR) is 145 cm³/mol. The van der Waals surface area contributed by atoms with Crippen molar-refractivity contribution in [3.63, 3.8) is 0 Å². The molecule has 10 nitrogen and oxygen atoms in total. The second-order valence-electron chi connectivity index (χ2n) is 7.69. The van der Waals surface area contributed by atoms with Crippen molar-refractivity contribution in [2.75, 3.05) is 0 Å². The van der Waals surface area contributed by atoms with Gasteiger partial charge in [-0.25, -0.2) is 0 Å². The zero-order chi connectivity index (χ0) is 29.2. The van der Waals surface area contributed by atoms with E-state index >= 15 is 0 Å². The maximum atomic E-state index is 8.60.